The van der Waals surface area contributed by atoms with Crippen LogP contribution in [0.3, 0.4) is 0 Å². The quantitative estimate of drug-likeness (QED) is 0.147. The van der Waals surface area contributed by atoms with Crippen molar-refractivity contribution in [1.29, 1.82) is 0 Å². The fraction of sp³-hybridized carbons (Fsp3) is 0.341. The Balaban J connectivity index is 1.12. The predicted molar refractivity (Wildman–Crippen MR) is 384 cm³/mol. The van der Waals surface area contributed by atoms with Crippen molar-refractivity contribution in [3.8, 4) is 0 Å². The molecule has 9 aromatic carbocycles. The molecule has 4 aliphatic rings. The summed E-state index contributed by atoms with van der Waals surface area (Å²) < 4.78 is 2.59. The van der Waals surface area contributed by atoms with Crippen molar-refractivity contribution in [3.05, 3.63) is 215 Å². The molecule has 88 heavy (non-hydrogen) atoms. The summed E-state index contributed by atoms with van der Waals surface area (Å²) in [7, 11) is 0. The zero-order valence-electron chi connectivity index (χ0n) is 55.4. The predicted octanol–water partition coefficient (Wildman–Crippen LogP) is 21.8. The van der Waals surface area contributed by atoms with Crippen LogP contribution >= 0.6 is 11.3 Å². The molecule has 1 fully saturated rings. The molecule has 1 aromatic heterocycles. The van der Waals surface area contributed by atoms with Gasteiger partial charge in [0.05, 0.1) is 16.9 Å². The van der Waals surface area contributed by atoms with Crippen LogP contribution in [0.2, 0.25) is 0 Å². The van der Waals surface area contributed by atoms with E-state index in [-0.39, 0.29) is 44.7 Å². The van der Waals surface area contributed by atoms with Crippen molar-refractivity contribution in [1.82, 2.24) is 0 Å². The van der Waals surface area contributed by atoms with Gasteiger partial charge in [0.2, 0.25) is 0 Å². The number of benzene rings is 9. The number of thiophene rings is 1. The van der Waals surface area contributed by atoms with Crippen molar-refractivity contribution >= 4 is 117 Å². The van der Waals surface area contributed by atoms with Gasteiger partial charge in [-0.2, -0.15) is 0 Å². The van der Waals surface area contributed by atoms with E-state index in [4.69, 9.17) is 0 Å². The molecule has 1 aliphatic carbocycles. The minimum absolute atomic E-state index is 0.000549. The fourth-order valence-corrected chi connectivity index (χ4v) is 16.7. The van der Waals surface area contributed by atoms with Crippen LogP contribution < -0.4 is 36.0 Å². The first-order valence-corrected chi connectivity index (χ1v) is 33.4. The molecular weight excluding hydrogens is 1080 g/mol. The summed E-state index contributed by atoms with van der Waals surface area (Å²) in [5.41, 5.74) is 25.3. The minimum atomic E-state index is -0.187. The maximum atomic E-state index is 2.92. The van der Waals surface area contributed by atoms with Gasteiger partial charge < -0.3 is 19.6 Å². The molecular formula is C82H89BN4S. The summed E-state index contributed by atoms with van der Waals surface area (Å²) in [6.45, 7) is 40.3. The van der Waals surface area contributed by atoms with Crippen molar-refractivity contribution in [2.45, 2.75) is 181 Å². The van der Waals surface area contributed by atoms with Crippen LogP contribution in [-0.4, -0.2) is 12.3 Å². The standard InChI is InChI=1S/C82H89BN4S/c1-76(2,3)52-27-35-57(36-28-52)84(58-37-29-53(30-38-58)77(4,5)6)61-43-44-65-68(49-61)86(67-24-22-26-72-73(67)63-23-18-19-25-71(63)88-72)69-50-62(85(59-39-31-54(32-40-59)78(7,8)9)60-41-33-55(34-42-60)79(10,11)12)51-70-74(69)83(65)66-48-56(80(13,14)15)47-64-75(66)87(70)82(17)46-21-20-45-81(64,82)16/h18-19,22-44,47-51H,20-21,45-46H2,1-17H3. The molecule has 0 amide bonds. The molecule has 2 unspecified atom stereocenters. The summed E-state index contributed by atoms with van der Waals surface area (Å²) in [5, 5.41) is 2.58. The summed E-state index contributed by atoms with van der Waals surface area (Å²) >= 11 is 1.90. The molecule has 10 aromatic rings. The third-order valence-corrected chi connectivity index (χ3v) is 22.1. The Morgan fingerprint density at radius 3 is 1.38 bits per heavy atom. The van der Waals surface area contributed by atoms with Gasteiger partial charge in [0.25, 0.3) is 6.71 Å². The highest BCUT2D eigenvalue weighted by Gasteiger charge is 2.62. The van der Waals surface area contributed by atoms with Gasteiger partial charge in [-0.05, 0) is 188 Å². The van der Waals surface area contributed by atoms with Gasteiger partial charge in [0.1, 0.15) is 0 Å². The molecule has 3 aliphatic heterocycles. The van der Waals surface area contributed by atoms with E-state index in [0.717, 1.165) is 47.0 Å². The van der Waals surface area contributed by atoms with E-state index < -0.39 is 0 Å². The van der Waals surface area contributed by atoms with Gasteiger partial charge in [0.15, 0.2) is 0 Å². The lowest BCUT2D eigenvalue weighted by Gasteiger charge is -2.53. The van der Waals surface area contributed by atoms with Crippen LogP contribution in [0.1, 0.15) is 177 Å². The monoisotopic (exact) mass is 1170 g/mol. The van der Waals surface area contributed by atoms with Gasteiger partial charge in [-0.1, -0.05) is 215 Å². The second-order valence-corrected chi connectivity index (χ2v) is 33.0. The lowest BCUT2D eigenvalue weighted by molar-refractivity contribution is 0.195. The van der Waals surface area contributed by atoms with Crippen molar-refractivity contribution in [2.75, 3.05) is 19.6 Å². The Morgan fingerprint density at radius 2 is 0.852 bits per heavy atom. The lowest BCUT2D eigenvalue weighted by Crippen LogP contribution is -2.64. The third-order valence-electron chi connectivity index (χ3n) is 21.0. The molecule has 0 bridgehead atoms. The molecule has 0 N–H and O–H groups in total. The Morgan fingerprint density at radius 1 is 0.398 bits per heavy atom. The molecule has 14 rings (SSSR count). The molecule has 4 nitrogen and oxygen atoms in total. The molecule has 0 radical (unpaired) electrons. The number of hydrogen-bond acceptors (Lipinski definition) is 5. The number of anilines is 11. The average molecular weight is 1170 g/mol. The van der Waals surface area contributed by atoms with Gasteiger partial charge >= 0.3 is 0 Å². The molecule has 2 atom stereocenters. The molecule has 0 spiro atoms. The van der Waals surface area contributed by atoms with E-state index in [9.17, 15) is 0 Å². The maximum Gasteiger partial charge on any atom is 0.252 e. The van der Waals surface area contributed by atoms with E-state index in [0.29, 0.717) is 0 Å². The van der Waals surface area contributed by atoms with Crippen LogP contribution in [0.15, 0.2) is 182 Å². The first kappa shape index (κ1) is 58.2. The first-order valence-electron chi connectivity index (χ1n) is 32.6. The van der Waals surface area contributed by atoms with E-state index in [1.165, 1.54) is 111 Å². The van der Waals surface area contributed by atoms with Crippen LogP contribution in [-0.2, 0) is 32.5 Å². The summed E-state index contributed by atoms with van der Waals surface area (Å²) in [6.07, 6.45) is 4.70. The van der Waals surface area contributed by atoms with Crippen LogP contribution in [0.5, 0.6) is 0 Å². The van der Waals surface area contributed by atoms with E-state index in [2.05, 4.69) is 319 Å². The number of hydrogen-bond donors (Lipinski definition) is 0. The molecule has 4 heterocycles. The van der Waals surface area contributed by atoms with Crippen LogP contribution in [0.4, 0.5) is 62.6 Å². The largest absolute Gasteiger partial charge is 0.335 e. The van der Waals surface area contributed by atoms with Crippen molar-refractivity contribution in [3.63, 3.8) is 0 Å². The highest BCUT2D eigenvalue weighted by atomic mass is 32.1. The Kier molecular flexibility index (Phi) is 13.2. The highest BCUT2D eigenvalue weighted by molar-refractivity contribution is 7.26. The second kappa shape index (κ2) is 20.0. The summed E-state index contributed by atoms with van der Waals surface area (Å²) in [4.78, 5) is 10.7. The number of rotatable bonds is 7. The summed E-state index contributed by atoms with van der Waals surface area (Å²) in [6, 6.07) is 71.9. The fourth-order valence-electron chi connectivity index (χ4n) is 15.5. The molecule has 0 saturated heterocycles. The van der Waals surface area contributed by atoms with Gasteiger partial charge in [-0.25, -0.2) is 0 Å². The van der Waals surface area contributed by atoms with E-state index in [1.807, 2.05) is 11.3 Å². The van der Waals surface area contributed by atoms with Gasteiger partial charge in [0, 0.05) is 76.8 Å². The maximum absolute atomic E-state index is 2.92. The average Bonchev–Trinajstić information content (AvgIpc) is 1.21. The number of nitrogens with zero attached hydrogens (tertiary/aromatic N) is 4. The Bertz CT molecular complexity index is 4270. The van der Waals surface area contributed by atoms with E-state index in [1.54, 1.807) is 0 Å². The Labute approximate surface area is 530 Å². The van der Waals surface area contributed by atoms with Gasteiger partial charge in [-0.3, -0.25) is 0 Å². The topological polar surface area (TPSA) is 13.0 Å². The molecule has 446 valence electrons. The zero-order chi connectivity index (χ0) is 62.0. The minimum Gasteiger partial charge on any atom is -0.335 e. The van der Waals surface area contributed by atoms with Crippen LogP contribution in [0, 0.1) is 0 Å². The van der Waals surface area contributed by atoms with Crippen molar-refractivity contribution in [2.24, 2.45) is 0 Å². The number of fused-ring (bicyclic) bond motifs is 10. The SMILES string of the molecule is CC(C)(C)c1ccc(N(c2ccc(C(C)(C)C)cc2)c2ccc3c(c2)N(c2cccc4sc5ccccc5c24)c2cc(N(c4ccc(C(C)(C)C)cc4)c4ccc(C(C)(C)C)cc4)cc4c2B3c2cc(C(C)(C)C)cc3c2N4C2(C)CCCCC32C)cc1. The lowest BCUT2D eigenvalue weighted by atomic mass is 9.33. The molecule has 1 saturated carbocycles. The van der Waals surface area contributed by atoms with E-state index >= 15 is 0 Å². The smallest absolute Gasteiger partial charge is 0.252 e. The van der Waals surface area contributed by atoms with Crippen molar-refractivity contribution < 1.29 is 0 Å². The van der Waals surface area contributed by atoms with Crippen LogP contribution in [0.25, 0.3) is 20.2 Å². The summed E-state index contributed by atoms with van der Waals surface area (Å²) in [5.74, 6) is 0. The second-order valence-electron chi connectivity index (χ2n) is 31.9. The Hall–Kier alpha value is -7.54. The molecule has 6 heteroatoms. The zero-order valence-corrected chi connectivity index (χ0v) is 56.2. The van der Waals surface area contributed by atoms with Gasteiger partial charge in [-0.15, -0.1) is 11.3 Å². The first-order chi connectivity index (χ1) is 41.5. The third kappa shape index (κ3) is 9.18. The normalized spacial score (nSPS) is 18.1. The highest BCUT2D eigenvalue weighted by Crippen LogP contribution is 2.63.